The zero-order chi connectivity index (χ0) is 10.4. The largest absolute Gasteiger partial charge is 0.325 e. The number of hydrogen-bond donors (Lipinski definition) is 0. The Balaban J connectivity index is 2.48. The summed E-state index contributed by atoms with van der Waals surface area (Å²) in [6.45, 7) is 7.64. The highest BCUT2D eigenvalue weighted by Gasteiger charge is 2.18. The molecule has 1 saturated heterocycles. The predicted molar refractivity (Wildman–Crippen MR) is 58.4 cm³/mol. The number of hydrogen-bond acceptors (Lipinski definition) is 1. The van der Waals surface area contributed by atoms with Gasteiger partial charge in [0.15, 0.2) is 0 Å². The minimum absolute atomic E-state index is 0.233. The van der Waals surface area contributed by atoms with Crippen LogP contribution in [-0.2, 0) is 0 Å². The maximum absolute atomic E-state index is 12.0. The van der Waals surface area contributed by atoms with Crippen LogP contribution in [0.15, 0.2) is 0 Å². The van der Waals surface area contributed by atoms with Crippen LogP contribution in [0.5, 0.6) is 0 Å². The Hall–Kier alpha value is -0.730. The second-order valence-corrected chi connectivity index (χ2v) is 3.86. The Kier molecular flexibility index (Phi) is 4.77. The van der Waals surface area contributed by atoms with Crippen molar-refractivity contribution in [3.05, 3.63) is 0 Å². The summed E-state index contributed by atoms with van der Waals surface area (Å²) in [4.78, 5) is 15.9. The first-order valence-corrected chi connectivity index (χ1v) is 5.83. The van der Waals surface area contributed by atoms with Crippen LogP contribution in [0.2, 0.25) is 0 Å². The van der Waals surface area contributed by atoms with Crippen LogP contribution >= 0.6 is 0 Å². The molecule has 3 heteroatoms. The molecule has 0 bridgehead atoms. The number of amides is 2. The average Bonchev–Trinajstić information content (AvgIpc) is 2.47. The highest BCUT2D eigenvalue weighted by molar-refractivity contribution is 5.74. The lowest BCUT2D eigenvalue weighted by molar-refractivity contribution is 0.159. The maximum atomic E-state index is 12.0. The normalized spacial score (nSPS) is 17.7. The van der Waals surface area contributed by atoms with Gasteiger partial charge in [-0.15, -0.1) is 0 Å². The fourth-order valence-corrected chi connectivity index (χ4v) is 1.96. The van der Waals surface area contributed by atoms with Gasteiger partial charge in [-0.1, -0.05) is 12.8 Å². The zero-order valence-corrected chi connectivity index (χ0v) is 9.46. The molecule has 0 saturated carbocycles. The minimum atomic E-state index is 0.233. The third-order valence-corrected chi connectivity index (χ3v) is 2.91. The predicted octanol–water partition coefficient (Wildman–Crippen LogP) is 2.32. The molecule has 1 heterocycles. The molecule has 0 unspecified atom stereocenters. The van der Waals surface area contributed by atoms with E-state index in [0.29, 0.717) is 0 Å². The van der Waals surface area contributed by atoms with Gasteiger partial charge in [-0.3, -0.25) is 0 Å². The lowest BCUT2D eigenvalue weighted by atomic mass is 10.2. The average molecular weight is 198 g/mol. The van der Waals surface area contributed by atoms with Gasteiger partial charge in [-0.05, 0) is 26.7 Å². The van der Waals surface area contributed by atoms with Gasteiger partial charge < -0.3 is 9.80 Å². The Morgan fingerprint density at radius 3 is 2.00 bits per heavy atom. The van der Waals surface area contributed by atoms with Crippen LogP contribution in [-0.4, -0.2) is 42.0 Å². The molecule has 0 aromatic carbocycles. The van der Waals surface area contributed by atoms with E-state index >= 15 is 0 Å². The molecule has 0 radical (unpaired) electrons. The molecule has 2 amide bonds. The van der Waals surface area contributed by atoms with Crippen molar-refractivity contribution in [2.24, 2.45) is 0 Å². The molecule has 0 spiro atoms. The molecule has 82 valence electrons. The second kappa shape index (κ2) is 5.89. The van der Waals surface area contributed by atoms with Crippen molar-refractivity contribution in [2.75, 3.05) is 26.2 Å². The van der Waals surface area contributed by atoms with E-state index in [1.54, 1.807) is 0 Å². The summed E-state index contributed by atoms with van der Waals surface area (Å²) >= 11 is 0. The van der Waals surface area contributed by atoms with Gasteiger partial charge in [-0.2, -0.15) is 0 Å². The van der Waals surface area contributed by atoms with Gasteiger partial charge in [0.2, 0.25) is 0 Å². The van der Waals surface area contributed by atoms with E-state index in [2.05, 4.69) is 0 Å². The van der Waals surface area contributed by atoms with E-state index in [1.165, 1.54) is 25.7 Å². The quantitative estimate of drug-likeness (QED) is 0.668. The lowest BCUT2D eigenvalue weighted by Gasteiger charge is -2.28. The van der Waals surface area contributed by atoms with Crippen molar-refractivity contribution in [3.63, 3.8) is 0 Å². The molecule has 1 fully saturated rings. The van der Waals surface area contributed by atoms with Crippen molar-refractivity contribution in [1.29, 1.82) is 0 Å². The molecular formula is C11H22N2O. The molecule has 0 aliphatic carbocycles. The Morgan fingerprint density at radius 1 is 1.07 bits per heavy atom. The number of rotatable bonds is 2. The zero-order valence-electron chi connectivity index (χ0n) is 9.46. The van der Waals surface area contributed by atoms with Crippen molar-refractivity contribution in [2.45, 2.75) is 39.5 Å². The number of carbonyl (C=O) groups excluding carboxylic acids is 1. The summed E-state index contributed by atoms with van der Waals surface area (Å²) in [6.07, 6.45) is 4.91. The highest BCUT2D eigenvalue weighted by Crippen LogP contribution is 2.11. The molecule has 1 aliphatic rings. The molecule has 1 aliphatic heterocycles. The molecule has 1 rings (SSSR count). The van der Waals surface area contributed by atoms with Gasteiger partial charge >= 0.3 is 6.03 Å². The first-order valence-electron chi connectivity index (χ1n) is 5.83. The van der Waals surface area contributed by atoms with Gasteiger partial charge in [0.25, 0.3) is 0 Å². The third kappa shape index (κ3) is 2.89. The number of urea groups is 1. The summed E-state index contributed by atoms with van der Waals surface area (Å²) in [6, 6.07) is 0.233. The number of carbonyl (C=O) groups is 1. The Labute approximate surface area is 87.1 Å². The molecule has 0 aromatic heterocycles. The van der Waals surface area contributed by atoms with Crippen molar-refractivity contribution < 1.29 is 4.79 Å². The van der Waals surface area contributed by atoms with Crippen LogP contribution in [0.3, 0.4) is 0 Å². The number of nitrogens with zero attached hydrogens (tertiary/aromatic N) is 2. The lowest BCUT2D eigenvalue weighted by Crippen LogP contribution is -2.43. The Bertz CT molecular complexity index is 170. The summed E-state index contributed by atoms with van der Waals surface area (Å²) in [7, 11) is 0. The second-order valence-electron chi connectivity index (χ2n) is 3.86. The SMILES string of the molecule is CCN(CC)C(=O)N1CCCCCC1. The van der Waals surface area contributed by atoms with Crippen molar-refractivity contribution in [3.8, 4) is 0 Å². The summed E-state index contributed by atoms with van der Waals surface area (Å²) in [5.74, 6) is 0. The van der Waals surface area contributed by atoms with Crippen LogP contribution in [0.25, 0.3) is 0 Å². The first-order chi connectivity index (χ1) is 6.79. The number of likely N-dealkylation sites (tertiary alicyclic amines) is 1. The van der Waals surface area contributed by atoms with E-state index in [1.807, 2.05) is 23.6 Å². The van der Waals surface area contributed by atoms with Crippen LogP contribution in [0.4, 0.5) is 4.79 Å². The van der Waals surface area contributed by atoms with Crippen molar-refractivity contribution in [1.82, 2.24) is 9.80 Å². The molecule has 3 nitrogen and oxygen atoms in total. The van der Waals surface area contributed by atoms with Crippen molar-refractivity contribution >= 4 is 6.03 Å². The molecular weight excluding hydrogens is 176 g/mol. The van der Waals surface area contributed by atoms with E-state index in [4.69, 9.17) is 0 Å². The standard InChI is InChI=1S/C11H22N2O/c1-3-12(4-2)11(14)13-9-7-5-6-8-10-13/h3-10H2,1-2H3. The first kappa shape index (κ1) is 11.3. The molecule has 0 atom stereocenters. The monoisotopic (exact) mass is 198 g/mol. The van der Waals surface area contributed by atoms with Crippen LogP contribution in [0.1, 0.15) is 39.5 Å². The van der Waals surface area contributed by atoms with Crippen LogP contribution < -0.4 is 0 Å². The topological polar surface area (TPSA) is 23.6 Å². The van der Waals surface area contributed by atoms with Gasteiger partial charge in [0.1, 0.15) is 0 Å². The van der Waals surface area contributed by atoms with E-state index < -0.39 is 0 Å². The van der Waals surface area contributed by atoms with Gasteiger partial charge in [0, 0.05) is 26.2 Å². The maximum Gasteiger partial charge on any atom is 0.319 e. The van der Waals surface area contributed by atoms with E-state index in [-0.39, 0.29) is 6.03 Å². The fourth-order valence-electron chi connectivity index (χ4n) is 1.96. The molecule has 0 N–H and O–H groups in total. The smallest absolute Gasteiger partial charge is 0.319 e. The molecule has 14 heavy (non-hydrogen) atoms. The summed E-state index contributed by atoms with van der Waals surface area (Å²) in [5, 5.41) is 0. The van der Waals surface area contributed by atoms with Crippen LogP contribution in [0, 0.1) is 0 Å². The van der Waals surface area contributed by atoms with Gasteiger partial charge in [-0.25, -0.2) is 4.79 Å². The van der Waals surface area contributed by atoms with Gasteiger partial charge in [0.05, 0.1) is 0 Å². The fraction of sp³-hybridized carbons (Fsp3) is 0.909. The van der Waals surface area contributed by atoms with E-state index in [0.717, 1.165) is 26.2 Å². The Morgan fingerprint density at radius 2 is 1.57 bits per heavy atom. The minimum Gasteiger partial charge on any atom is -0.325 e. The third-order valence-electron chi connectivity index (χ3n) is 2.91. The summed E-state index contributed by atoms with van der Waals surface area (Å²) < 4.78 is 0. The molecule has 0 aromatic rings. The van der Waals surface area contributed by atoms with E-state index in [9.17, 15) is 4.79 Å². The summed E-state index contributed by atoms with van der Waals surface area (Å²) in [5.41, 5.74) is 0. The highest BCUT2D eigenvalue weighted by atomic mass is 16.2.